The van der Waals surface area contributed by atoms with Crippen LogP contribution in [0.5, 0.6) is 11.5 Å². The summed E-state index contributed by atoms with van der Waals surface area (Å²) in [5.41, 5.74) is -0.158. The quantitative estimate of drug-likeness (QED) is 0.734. The summed E-state index contributed by atoms with van der Waals surface area (Å²) in [6.45, 7) is 10.1. The fraction of sp³-hybridized carbons (Fsp3) is 0.417. The van der Waals surface area contributed by atoms with Gasteiger partial charge in [0.2, 0.25) is 0 Å². The first-order chi connectivity index (χ1) is 6.51. The van der Waals surface area contributed by atoms with Gasteiger partial charge in [0.25, 0.3) is 0 Å². The molecule has 1 aromatic carbocycles. The second-order valence-corrected chi connectivity index (χ2v) is 4.03. The van der Waals surface area contributed by atoms with Crippen molar-refractivity contribution in [3.05, 3.63) is 31.2 Å². The van der Waals surface area contributed by atoms with Gasteiger partial charge < -0.3 is 9.47 Å². The second-order valence-electron chi connectivity index (χ2n) is 4.03. The summed E-state index contributed by atoms with van der Waals surface area (Å²) in [4.78, 5) is 0. The average molecular weight is 193 g/mol. The van der Waals surface area contributed by atoms with Crippen LogP contribution >= 0.6 is 0 Å². The third kappa shape index (κ3) is 3.69. The first-order valence-electron chi connectivity index (χ1n) is 4.72. The zero-order chi connectivity index (χ0) is 10.6. The lowest BCUT2D eigenvalue weighted by molar-refractivity contribution is 0.131. The summed E-state index contributed by atoms with van der Waals surface area (Å²) in [6, 6.07) is 7.56. The van der Waals surface area contributed by atoms with E-state index in [0.717, 1.165) is 11.5 Å². The summed E-state index contributed by atoms with van der Waals surface area (Å²) in [5.74, 6) is 1.68. The minimum atomic E-state index is -0.158. The molecule has 0 heterocycles. The molecule has 1 radical (unpaired) electrons. The van der Waals surface area contributed by atoms with Crippen LogP contribution in [0.2, 0.25) is 0 Å². The highest BCUT2D eigenvalue weighted by Crippen LogP contribution is 2.21. The largest absolute Gasteiger partial charge is 0.494 e. The molecule has 77 valence electrons. The Balaban J connectivity index is 2.64. The molecule has 0 saturated heterocycles. The van der Waals surface area contributed by atoms with E-state index in [-0.39, 0.29) is 5.60 Å². The van der Waals surface area contributed by atoms with Gasteiger partial charge in [-0.1, -0.05) is 0 Å². The Kier molecular flexibility index (Phi) is 3.39. The third-order valence-electron chi connectivity index (χ3n) is 1.52. The molecule has 1 rings (SSSR count). The predicted octanol–water partition coefficient (Wildman–Crippen LogP) is 3.08. The van der Waals surface area contributed by atoms with Crippen LogP contribution in [-0.4, -0.2) is 12.2 Å². The maximum Gasteiger partial charge on any atom is 0.120 e. The van der Waals surface area contributed by atoms with Crippen molar-refractivity contribution in [2.24, 2.45) is 0 Å². The molecular formula is C12H17O2. The van der Waals surface area contributed by atoms with Crippen LogP contribution in [0, 0.1) is 6.92 Å². The number of benzene rings is 1. The van der Waals surface area contributed by atoms with Crippen LogP contribution in [0.4, 0.5) is 0 Å². The molecule has 14 heavy (non-hydrogen) atoms. The molecule has 0 unspecified atom stereocenters. The van der Waals surface area contributed by atoms with Crippen molar-refractivity contribution in [3.8, 4) is 11.5 Å². The lowest BCUT2D eigenvalue weighted by Gasteiger charge is -2.21. The SMILES string of the molecule is [CH2]COc1ccc(OC(C)(C)C)cc1. The van der Waals surface area contributed by atoms with Crippen LogP contribution < -0.4 is 9.47 Å². The first-order valence-corrected chi connectivity index (χ1v) is 4.72. The summed E-state index contributed by atoms with van der Waals surface area (Å²) < 4.78 is 10.9. The Morgan fingerprint density at radius 2 is 1.57 bits per heavy atom. The van der Waals surface area contributed by atoms with Crippen molar-refractivity contribution in [2.45, 2.75) is 26.4 Å². The molecule has 0 aliphatic heterocycles. The minimum Gasteiger partial charge on any atom is -0.494 e. The minimum absolute atomic E-state index is 0.158. The molecule has 0 fully saturated rings. The van der Waals surface area contributed by atoms with Crippen molar-refractivity contribution in [2.75, 3.05) is 6.61 Å². The standard InChI is InChI=1S/C12H17O2/c1-5-13-10-6-8-11(9-7-10)14-12(2,3)4/h6-9H,1,5H2,2-4H3. The van der Waals surface area contributed by atoms with E-state index >= 15 is 0 Å². The summed E-state index contributed by atoms with van der Waals surface area (Å²) in [5, 5.41) is 0. The van der Waals surface area contributed by atoms with E-state index in [4.69, 9.17) is 9.47 Å². The molecule has 0 N–H and O–H groups in total. The van der Waals surface area contributed by atoms with Crippen molar-refractivity contribution in [1.29, 1.82) is 0 Å². The summed E-state index contributed by atoms with van der Waals surface area (Å²) in [7, 11) is 0. The molecule has 1 aromatic rings. The molecular weight excluding hydrogens is 176 g/mol. The zero-order valence-corrected chi connectivity index (χ0v) is 9.04. The van der Waals surface area contributed by atoms with Gasteiger partial charge in [0, 0.05) is 0 Å². The molecule has 2 heteroatoms. The molecule has 0 bridgehead atoms. The zero-order valence-electron chi connectivity index (χ0n) is 9.04. The molecule has 0 saturated carbocycles. The van der Waals surface area contributed by atoms with Crippen molar-refractivity contribution >= 4 is 0 Å². The summed E-state index contributed by atoms with van der Waals surface area (Å²) >= 11 is 0. The lowest BCUT2D eigenvalue weighted by atomic mass is 10.2. The summed E-state index contributed by atoms with van der Waals surface area (Å²) in [6.07, 6.45) is 0. The van der Waals surface area contributed by atoms with Crippen molar-refractivity contribution in [3.63, 3.8) is 0 Å². The average Bonchev–Trinajstić information content (AvgIpc) is 2.06. The Labute approximate surface area is 85.8 Å². The Morgan fingerprint density at radius 3 is 2.00 bits per heavy atom. The smallest absolute Gasteiger partial charge is 0.120 e. The number of ether oxygens (including phenoxy) is 2. The van der Waals surface area contributed by atoms with Gasteiger partial charge in [0.1, 0.15) is 17.1 Å². The Bertz CT molecular complexity index is 269. The molecule has 0 spiro atoms. The van der Waals surface area contributed by atoms with Crippen LogP contribution in [0.15, 0.2) is 24.3 Å². The molecule has 0 aliphatic carbocycles. The van der Waals surface area contributed by atoms with Crippen LogP contribution in [0.1, 0.15) is 20.8 Å². The van der Waals surface area contributed by atoms with Gasteiger partial charge >= 0.3 is 0 Å². The van der Waals surface area contributed by atoms with Crippen LogP contribution in [0.25, 0.3) is 0 Å². The van der Waals surface area contributed by atoms with Crippen LogP contribution in [-0.2, 0) is 0 Å². The highest BCUT2D eigenvalue weighted by Gasteiger charge is 2.11. The molecule has 0 aromatic heterocycles. The van der Waals surface area contributed by atoms with Gasteiger partial charge in [0.15, 0.2) is 0 Å². The molecule has 0 aliphatic rings. The highest BCUT2D eigenvalue weighted by atomic mass is 16.5. The van der Waals surface area contributed by atoms with E-state index in [1.807, 2.05) is 45.0 Å². The van der Waals surface area contributed by atoms with Crippen molar-refractivity contribution < 1.29 is 9.47 Å². The van der Waals surface area contributed by atoms with Crippen LogP contribution in [0.3, 0.4) is 0 Å². The highest BCUT2D eigenvalue weighted by molar-refractivity contribution is 5.31. The van der Waals surface area contributed by atoms with E-state index in [9.17, 15) is 0 Å². The monoisotopic (exact) mass is 193 g/mol. The van der Waals surface area contributed by atoms with E-state index in [1.165, 1.54) is 0 Å². The Morgan fingerprint density at radius 1 is 1.07 bits per heavy atom. The fourth-order valence-electron chi connectivity index (χ4n) is 1.08. The maximum atomic E-state index is 5.66. The Hall–Kier alpha value is -1.18. The lowest BCUT2D eigenvalue weighted by Crippen LogP contribution is -2.22. The first kappa shape index (κ1) is 10.9. The second kappa shape index (κ2) is 4.36. The molecule has 2 nitrogen and oxygen atoms in total. The predicted molar refractivity (Wildman–Crippen MR) is 57.7 cm³/mol. The van der Waals surface area contributed by atoms with Gasteiger partial charge in [-0.15, -0.1) is 0 Å². The maximum absolute atomic E-state index is 5.66. The van der Waals surface area contributed by atoms with Gasteiger partial charge in [-0.05, 0) is 52.0 Å². The van der Waals surface area contributed by atoms with E-state index in [1.54, 1.807) is 0 Å². The fourth-order valence-corrected chi connectivity index (χ4v) is 1.08. The molecule has 0 atom stereocenters. The number of rotatable bonds is 3. The van der Waals surface area contributed by atoms with E-state index in [0.29, 0.717) is 6.61 Å². The van der Waals surface area contributed by atoms with E-state index < -0.39 is 0 Å². The van der Waals surface area contributed by atoms with E-state index in [2.05, 4.69) is 6.92 Å². The third-order valence-corrected chi connectivity index (χ3v) is 1.52. The number of hydrogen-bond acceptors (Lipinski definition) is 2. The van der Waals surface area contributed by atoms with Gasteiger partial charge in [-0.25, -0.2) is 0 Å². The number of hydrogen-bond donors (Lipinski definition) is 0. The van der Waals surface area contributed by atoms with Gasteiger partial charge in [-0.2, -0.15) is 0 Å². The topological polar surface area (TPSA) is 18.5 Å². The van der Waals surface area contributed by atoms with Gasteiger partial charge in [-0.3, -0.25) is 0 Å². The van der Waals surface area contributed by atoms with Gasteiger partial charge in [0.05, 0.1) is 6.61 Å². The molecule has 0 amide bonds. The normalized spacial score (nSPS) is 11.1. The van der Waals surface area contributed by atoms with Crippen molar-refractivity contribution in [1.82, 2.24) is 0 Å².